The van der Waals surface area contributed by atoms with Crippen molar-refractivity contribution < 1.29 is 328 Å². The molecule has 30 nitrogen and oxygen atoms in total. The van der Waals surface area contributed by atoms with E-state index in [4.69, 9.17) is 321 Å². The molecular formula is C30H108Cl20O30Ti10. The summed E-state index contributed by atoms with van der Waals surface area (Å²) in [6.45, 7) is -1.75. The molecule has 0 aromatic rings. The zero-order chi connectivity index (χ0) is 78.4. The summed E-state index contributed by atoms with van der Waals surface area (Å²) in [4.78, 5) is 0. The molecule has 0 saturated heterocycles. The summed E-state index contributed by atoms with van der Waals surface area (Å²) in [6.07, 6.45) is 0. The van der Waals surface area contributed by atoms with Crippen LogP contribution in [-0.4, -0.2) is 359 Å². The monoisotopic (exact) mass is 2130 g/mol. The van der Waals surface area contributed by atoms with Gasteiger partial charge in [0.15, 0.2) is 0 Å². The molecule has 0 aliphatic heterocycles. The largest absolute Gasteiger partial charge is 0 e. The van der Waals surface area contributed by atoms with E-state index in [1.807, 2.05) is 0 Å². The third-order valence-corrected chi connectivity index (χ3v) is 0.700. The molecule has 0 amide bonds. The predicted molar refractivity (Wildman–Crippen MR) is 349 cm³/mol. The number of hydrogen-bond acceptors (Lipinski definition) is 30. The van der Waals surface area contributed by atoms with Gasteiger partial charge < -0.3 is 153 Å². The first-order chi connectivity index (χ1) is 40.5. The summed E-state index contributed by atoms with van der Waals surface area (Å²) in [7, 11) is 105. The molecule has 588 valence electrons. The zero-order valence-corrected chi connectivity index (χ0v) is 82.8. The van der Waals surface area contributed by atoms with E-state index in [0.717, 1.165) is 114 Å². The van der Waals surface area contributed by atoms with Crippen molar-refractivity contribution in [1.29, 1.82) is 0 Å². The van der Waals surface area contributed by atoms with Crippen molar-refractivity contribution in [2.45, 2.75) is 0 Å². The van der Waals surface area contributed by atoms with Crippen LogP contribution in [0.15, 0.2) is 0 Å². The van der Waals surface area contributed by atoms with Crippen LogP contribution in [0.4, 0.5) is 0 Å². The van der Waals surface area contributed by atoms with Crippen molar-refractivity contribution >= 4 is 192 Å². The second kappa shape index (κ2) is 575. The first kappa shape index (κ1) is 232. The fraction of sp³-hybridized carbons (Fsp3) is 1.00. The van der Waals surface area contributed by atoms with Crippen molar-refractivity contribution in [3.05, 3.63) is 0 Å². The molecule has 0 aromatic heterocycles. The first-order valence-electron chi connectivity index (χ1n) is 18.5. The van der Waals surface area contributed by atoms with Crippen molar-refractivity contribution in [1.82, 2.24) is 0 Å². The van der Waals surface area contributed by atoms with Crippen LogP contribution >= 0.6 is 192 Å². The molecule has 0 atom stereocenters. The molecule has 90 heavy (non-hydrogen) atoms. The van der Waals surface area contributed by atoms with E-state index in [-0.39, 0.29) is 182 Å². The minimum atomic E-state index is -3.11. The van der Waals surface area contributed by atoms with Crippen molar-refractivity contribution in [3.63, 3.8) is 0 Å². The quantitative estimate of drug-likeness (QED) is 0.146. The van der Waals surface area contributed by atoms with Gasteiger partial charge in [0.05, 0.1) is 92.5 Å². The Morgan fingerprint density at radius 3 is 0.211 bits per heavy atom. The summed E-state index contributed by atoms with van der Waals surface area (Å²) < 4.78 is 0. The van der Waals surface area contributed by atoms with Gasteiger partial charge in [0, 0.05) is 179 Å². The van der Waals surface area contributed by atoms with Gasteiger partial charge in [-0.3, -0.25) is 0 Å². The molecule has 0 heterocycles. The normalized spacial score (nSPS) is 5.29. The Morgan fingerprint density at radius 1 is 0.200 bits per heavy atom. The summed E-state index contributed by atoms with van der Waals surface area (Å²) in [5.74, 6) is 0. The average molecular weight is 2140 g/mol. The van der Waals surface area contributed by atoms with Gasteiger partial charge in [-0.05, 0) is 0 Å². The third-order valence-electron chi connectivity index (χ3n) is 0.700. The Kier molecular flexibility index (Phi) is 1480. The molecule has 0 aromatic carbocycles. The summed E-state index contributed by atoms with van der Waals surface area (Å²) in [6, 6.07) is 0. The number of aliphatic hydroxyl groups excluding tert-OH is 30. The molecule has 0 bridgehead atoms. The van der Waals surface area contributed by atoms with E-state index in [0.29, 0.717) is 0 Å². The van der Waals surface area contributed by atoms with Crippen molar-refractivity contribution in [2.24, 2.45) is 0 Å². The molecule has 0 fully saturated rings. The van der Waals surface area contributed by atoms with Gasteiger partial charge in [0.25, 0.3) is 0 Å². The van der Waals surface area contributed by atoms with E-state index in [2.05, 4.69) is 0 Å². The van der Waals surface area contributed by atoms with Crippen molar-refractivity contribution in [2.75, 3.05) is 206 Å². The maximum atomic E-state index is 7.62. The minimum Gasteiger partial charge on any atom is 0 e. The van der Waals surface area contributed by atoms with Crippen molar-refractivity contribution in [3.8, 4) is 0 Å². The molecule has 0 rings (SSSR count). The van der Waals surface area contributed by atoms with E-state index in [1.54, 1.807) is 0 Å². The average Bonchev–Trinajstić information content (AvgIpc) is 3.57. The second-order valence-electron chi connectivity index (χ2n) is 4.27. The fourth-order valence-corrected chi connectivity index (χ4v) is 0. The van der Waals surface area contributed by atoms with Crippen LogP contribution in [0.5, 0.6) is 0 Å². The van der Waals surface area contributed by atoms with Crippen LogP contribution in [0.1, 0.15) is 0 Å². The summed E-state index contributed by atoms with van der Waals surface area (Å²) in [5, 5.41) is 219. The van der Waals surface area contributed by atoms with Gasteiger partial charge in [-0.2, -0.15) is 0 Å². The third kappa shape index (κ3) is 2770. The smallest absolute Gasteiger partial charge is 0 e. The molecule has 30 N–H and O–H groups in total. The Balaban J connectivity index is -0.0000000106. The van der Waals surface area contributed by atoms with Gasteiger partial charge in [-0.1, -0.05) is 0 Å². The summed E-state index contributed by atoms with van der Waals surface area (Å²) >= 11 is -9.17. The maximum absolute atomic E-state index is 7.62. The van der Waals surface area contributed by atoms with E-state index >= 15 is 0 Å². The van der Waals surface area contributed by atoms with Gasteiger partial charge in [-0.25, -0.2) is 0 Å². The van der Waals surface area contributed by atoms with Crippen LogP contribution in [0, 0.1) is 0 Å². The SMILES string of the molecule is CO.CO.CO.CO.CO.CO.CO.CO.CO.CO.CO.CO.CO.CO.CO.CO.Cl.Cl.OCCO.OCCO.OCCO.OCCO.OCCO.OCCO.OCCO.[Cl][Ti]([Cl])([Cl])[Cl].[Cl][Ti]([Cl])[Cl].[Cl][Ti]([Cl])[Cl].[Cl][Ti][Cl].[Cl][Ti][Cl].[Cl][Ti][Cl].[Cl][Ti][Cl].[Ti].[Ti].[Ti]. The second-order valence-corrected chi connectivity index (χ2v) is 45.5. The predicted octanol–water partition coefficient (Wildman–Crippen LogP) is -0.237. The van der Waals surface area contributed by atoms with Crippen LogP contribution < -0.4 is 0 Å². The Bertz CT molecular complexity index is 372. The standard InChI is InChI=1S/7C2H6O2.16CH4O.20ClH.10Ti/c7*3-1-2-4;16*1-2;;;;;;;;;;;;;;;;;;;;;;;;;;;;;;/h7*3-4H,1-2H2;16*2H,1H3;20*1H;;;;;;;;;;/q;;;;;;;;;;;;;;;;;;;;;;;;;;;;;;;;;;;;;;;;;;;;;;4*+2;2*+3;+4/p-18. The number of rotatable bonds is 7. The number of halogens is 20. The van der Waals surface area contributed by atoms with Gasteiger partial charge in [-0.15, -0.1) is 24.8 Å². The Hall–Kier alpha value is 11.7. The number of aliphatic hydroxyl groups is 30. The molecule has 0 aliphatic carbocycles. The molecule has 0 spiro atoms. The maximum Gasteiger partial charge on any atom is 0 e. The molecule has 60 heteroatoms. The molecule has 0 saturated carbocycles. The Labute approximate surface area is 714 Å². The number of hydrogen-bond donors (Lipinski definition) is 30. The van der Waals surface area contributed by atoms with E-state index in [1.165, 1.54) is 0 Å². The van der Waals surface area contributed by atoms with Crippen LogP contribution in [0.25, 0.3) is 0 Å². The molecule has 0 unspecified atom stereocenters. The van der Waals surface area contributed by atoms with Crippen LogP contribution in [-0.2, 0) is 175 Å². The zero-order valence-electron chi connectivity index (χ0n) is 51.9. The fourth-order valence-electron chi connectivity index (χ4n) is 0. The van der Waals surface area contributed by atoms with E-state index < -0.39 is 110 Å². The van der Waals surface area contributed by atoms with Crippen LogP contribution in [0.2, 0.25) is 0 Å². The van der Waals surface area contributed by atoms with Gasteiger partial charge in [0.2, 0.25) is 0 Å². The van der Waals surface area contributed by atoms with Crippen LogP contribution in [0.3, 0.4) is 0 Å². The molecule has 0 aliphatic rings. The van der Waals surface area contributed by atoms with Gasteiger partial charge >= 0.3 is 277 Å². The Morgan fingerprint density at radius 2 is 0.211 bits per heavy atom. The van der Waals surface area contributed by atoms with Gasteiger partial charge in [0.1, 0.15) is 0 Å². The summed E-state index contributed by atoms with van der Waals surface area (Å²) in [5.41, 5.74) is 0. The van der Waals surface area contributed by atoms with E-state index in [9.17, 15) is 0 Å². The first-order valence-corrected chi connectivity index (χ1v) is 57.2. The molecule has 0 radical (unpaired) electrons. The minimum absolute atomic E-state index is 0. The molecular weight excluding hydrogens is 2030 g/mol. The topological polar surface area (TPSA) is 607 Å².